The first-order chi connectivity index (χ1) is 9.90. The summed E-state index contributed by atoms with van der Waals surface area (Å²) in [6.45, 7) is 7.93. The molecule has 0 radical (unpaired) electrons. The third-order valence-electron chi connectivity index (χ3n) is 3.92. The number of amides is 1. The van der Waals surface area contributed by atoms with E-state index in [1.165, 1.54) is 0 Å². The van der Waals surface area contributed by atoms with Gasteiger partial charge in [-0.25, -0.2) is 4.39 Å². The molecular weight excluding hydrogens is 271 g/mol. The van der Waals surface area contributed by atoms with Crippen LogP contribution in [0.3, 0.4) is 0 Å². The van der Waals surface area contributed by atoms with Crippen LogP contribution in [0.25, 0.3) is 0 Å². The summed E-state index contributed by atoms with van der Waals surface area (Å²) in [6.07, 6.45) is -0.381. The largest absolute Gasteiger partial charge is 0.392 e. The third-order valence-corrected chi connectivity index (χ3v) is 3.92. The SMILES string of the molecule is Cc1cccc(C(=O)N2CCN(C[C@H](C)O)C[C@H]2C)c1F. The fourth-order valence-electron chi connectivity index (χ4n) is 2.84. The van der Waals surface area contributed by atoms with Gasteiger partial charge in [0.15, 0.2) is 0 Å². The topological polar surface area (TPSA) is 43.8 Å². The molecule has 0 bridgehead atoms. The van der Waals surface area contributed by atoms with Gasteiger partial charge >= 0.3 is 0 Å². The van der Waals surface area contributed by atoms with Crippen LogP contribution in [-0.2, 0) is 0 Å². The first kappa shape index (κ1) is 15.9. The number of hydrogen-bond acceptors (Lipinski definition) is 3. The Balaban J connectivity index is 2.09. The summed E-state index contributed by atoms with van der Waals surface area (Å²) >= 11 is 0. The van der Waals surface area contributed by atoms with Crippen LogP contribution in [0.4, 0.5) is 4.39 Å². The van der Waals surface area contributed by atoms with E-state index in [0.29, 0.717) is 31.7 Å². The van der Waals surface area contributed by atoms with Gasteiger partial charge in [0.1, 0.15) is 5.82 Å². The van der Waals surface area contributed by atoms with Crippen molar-refractivity contribution in [1.82, 2.24) is 9.80 Å². The first-order valence-corrected chi connectivity index (χ1v) is 7.36. The number of hydrogen-bond donors (Lipinski definition) is 1. The molecule has 2 atom stereocenters. The summed E-state index contributed by atoms with van der Waals surface area (Å²) in [7, 11) is 0. The van der Waals surface area contributed by atoms with E-state index in [4.69, 9.17) is 0 Å². The van der Waals surface area contributed by atoms with Crippen molar-refractivity contribution in [2.45, 2.75) is 32.9 Å². The highest BCUT2D eigenvalue weighted by Gasteiger charge is 2.29. The van der Waals surface area contributed by atoms with Gasteiger partial charge in [-0.3, -0.25) is 9.69 Å². The zero-order valence-corrected chi connectivity index (χ0v) is 12.8. The van der Waals surface area contributed by atoms with Gasteiger partial charge in [-0.05, 0) is 32.4 Å². The van der Waals surface area contributed by atoms with E-state index in [9.17, 15) is 14.3 Å². The van der Waals surface area contributed by atoms with E-state index >= 15 is 0 Å². The van der Waals surface area contributed by atoms with Crippen molar-refractivity contribution in [2.75, 3.05) is 26.2 Å². The van der Waals surface area contributed by atoms with Crippen molar-refractivity contribution in [3.63, 3.8) is 0 Å². The van der Waals surface area contributed by atoms with E-state index in [1.54, 1.807) is 36.9 Å². The van der Waals surface area contributed by atoms with Gasteiger partial charge in [0, 0.05) is 32.2 Å². The number of nitrogens with zero attached hydrogens (tertiary/aromatic N) is 2. The van der Waals surface area contributed by atoms with Gasteiger partial charge < -0.3 is 10.0 Å². The summed E-state index contributed by atoms with van der Waals surface area (Å²) in [5, 5.41) is 9.44. The van der Waals surface area contributed by atoms with E-state index in [2.05, 4.69) is 4.90 Å². The normalized spacial score (nSPS) is 21.4. The minimum atomic E-state index is -0.430. The van der Waals surface area contributed by atoms with Gasteiger partial charge in [-0.2, -0.15) is 0 Å². The number of benzene rings is 1. The highest BCUT2D eigenvalue weighted by molar-refractivity contribution is 5.95. The molecule has 21 heavy (non-hydrogen) atoms. The lowest BCUT2D eigenvalue weighted by molar-refractivity contribution is 0.0379. The van der Waals surface area contributed by atoms with Crippen molar-refractivity contribution in [3.05, 3.63) is 35.1 Å². The Morgan fingerprint density at radius 2 is 2.19 bits per heavy atom. The van der Waals surface area contributed by atoms with Crippen LogP contribution in [0.2, 0.25) is 0 Å². The Kier molecular flexibility index (Phi) is 4.96. The Hall–Kier alpha value is -1.46. The summed E-state index contributed by atoms with van der Waals surface area (Å²) in [5.74, 6) is -0.679. The fourth-order valence-corrected chi connectivity index (χ4v) is 2.84. The number of aliphatic hydroxyl groups excluding tert-OH is 1. The monoisotopic (exact) mass is 294 g/mol. The van der Waals surface area contributed by atoms with Gasteiger partial charge in [-0.1, -0.05) is 12.1 Å². The highest BCUT2D eigenvalue weighted by Crippen LogP contribution is 2.18. The smallest absolute Gasteiger partial charge is 0.257 e. The minimum absolute atomic E-state index is 0.00455. The van der Waals surface area contributed by atoms with Crippen LogP contribution < -0.4 is 0 Å². The summed E-state index contributed by atoms with van der Waals surface area (Å²) < 4.78 is 14.1. The molecule has 1 N–H and O–H groups in total. The molecule has 5 heteroatoms. The molecule has 0 saturated carbocycles. The van der Waals surface area contributed by atoms with Crippen LogP contribution in [0.5, 0.6) is 0 Å². The fraction of sp³-hybridized carbons (Fsp3) is 0.562. The molecule has 1 aromatic carbocycles. The zero-order chi connectivity index (χ0) is 15.6. The van der Waals surface area contributed by atoms with Crippen LogP contribution in [0.1, 0.15) is 29.8 Å². The molecule has 0 unspecified atom stereocenters. The van der Waals surface area contributed by atoms with Gasteiger partial charge in [-0.15, -0.1) is 0 Å². The Bertz CT molecular complexity index is 519. The molecule has 116 valence electrons. The summed E-state index contributed by atoms with van der Waals surface area (Å²) in [6, 6.07) is 4.92. The molecular formula is C16H23FN2O2. The maximum absolute atomic E-state index is 14.1. The number of rotatable bonds is 3. The first-order valence-electron chi connectivity index (χ1n) is 7.36. The number of carbonyl (C=O) groups excluding carboxylic acids is 1. The van der Waals surface area contributed by atoms with E-state index < -0.39 is 5.82 Å². The average Bonchev–Trinajstić information content (AvgIpc) is 2.40. The molecule has 1 heterocycles. The van der Waals surface area contributed by atoms with Gasteiger partial charge in [0.25, 0.3) is 5.91 Å². The maximum atomic E-state index is 14.1. The molecule has 1 aromatic rings. The van der Waals surface area contributed by atoms with E-state index in [1.807, 2.05) is 6.92 Å². The number of aliphatic hydroxyl groups is 1. The lowest BCUT2D eigenvalue weighted by atomic mass is 10.1. The van der Waals surface area contributed by atoms with Crippen molar-refractivity contribution >= 4 is 5.91 Å². The van der Waals surface area contributed by atoms with E-state index in [-0.39, 0.29) is 23.6 Å². The Morgan fingerprint density at radius 3 is 2.81 bits per heavy atom. The predicted molar refractivity (Wildman–Crippen MR) is 79.8 cm³/mol. The Morgan fingerprint density at radius 1 is 1.48 bits per heavy atom. The number of halogens is 1. The predicted octanol–water partition coefficient (Wildman–Crippen LogP) is 1.66. The molecule has 0 aromatic heterocycles. The standard InChI is InChI=1S/C16H23FN2O2/c1-11-5-4-6-14(15(11)17)16(21)19-8-7-18(9-12(19)2)10-13(3)20/h4-6,12-13,20H,7-10H2,1-3H3/t12-,13+/m1/s1. The zero-order valence-electron chi connectivity index (χ0n) is 12.8. The van der Waals surface area contributed by atoms with Crippen LogP contribution in [-0.4, -0.2) is 59.1 Å². The molecule has 0 spiro atoms. The van der Waals surface area contributed by atoms with Crippen molar-refractivity contribution in [3.8, 4) is 0 Å². The van der Waals surface area contributed by atoms with Crippen LogP contribution in [0.15, 0.2) is 18.2 Å². The van der Waals surface area contributed by atoms with Crippen molar-refractivity contribution in [2.24, 2.45) is 0 Å². The second-order valence-corrected chi connectivity index (χ2v) is 5.89. The maximum Gasteiger partial charge on any atom is 0.257 e. The Labute approximate surface area is 125 Å². The second kappa shape index (κ2) is 6.54. The number of piperazine rings is 1. The number of β-amino-alcohol motifs (C(OH)–C–C–N with tert-alkyl or cyclic N) is 1. The van der Waals surface area contributed by atoms with Crippen LogP contribution in [0, 0.1) is 12.7 Å². The molecule has 2 rings (SSSR count). The van der Waals surface area contributed by atoms with E-state index in [0.717, 1.165) is 0 Å². The van der Waals surface area contributed by atoms with Gasteiger partial charge in [0.05, 0.1) is 11.7 Å². The summed E-state index contributed by atoms with van der Waals surface area (Å²) in [5.41, 5.74) is 0.632. The molecule has 1 amide bonds. The second-order valence-electron chi connectivity index (χ2n) is 5.89. The highest BCUT2D eigenvalue weighted by atomic mass is 19.1. The third kappa shape index (κ3) is 3.60. The molecule has 0 aliphatic carbocycles. The minimum Gasteiger partial charge on any atom is -0.392 e. The quantitative estimate of drug-likeness (QED) is 0.922. The molecule has 1 fully saturated rings. The molecule has 1 aliphatic rings. The number of carbonyl (C=O) groups is 1. The lowest BCUT2D eigenvalue weighted by Gasteiger charge is -2.40. The summed E-state index contributed by atoms with van der Waals surface area (Å²) in [4.78, 5) is 16.4. The van der Waals surface area contributed by atoms with Crippen LogP contribution >= 0.6 is 0 Å². The molecule has 1 saturated heterocycles. The average molecular weight is 294 g/mol. The van der Waals surface area contributed by atoms with Crippen molar-refractivity contribution < 1.29 is 14.3 Å². The molecule has 4 nitrogen and oxygen atoms in total. The van der Waals surface area contributed by atoms with Crippen molar-refractivity contribution in [1.29, 1.82) is 0 Å². The molecule has 1 aliphatic heterocycles. The lowest BCUT2D eigenvalue weighted by Crippen LogP contribution is -2.55. The number of aryl methyl sites for hydroxylation is 1. The van der Waals surface area contributed by atoms with Gasteiger partial charge in [0.2, 0.25) is 0 Å².